The van der Waals surface area contributed by atoms with E-state index in [1.54, 1.807) is 4.68 Å². The van der Waals surface area contributed by atoms with Gasteiger partial charge in [0.15, 0.2) is 6.23 Å². The number of ether oxygens (including phenoxy) is 1. The minimum absolute atomic E-state index is 0.0170. The largest absolute Gasteiger partial charge is 0.465 e. The molecular formula is C33H36ClN7O4. The highest BCUT2D eigenvalue weighted by molar-refractivity contribution is 6.36. The number of amides is 1. The van der Waals surface area contributed by atoms with Crippen molar-refractivity contribution in [2.45, 2.75) is 64.8 Å². The number of aliphatic hydroxyl groups is 1. The van der Waals surface area contributed by atoms with E-state index in [1.807, 2.05) is 36.1 Å². The third-order valence-electron chi connectivity index (χ3n) is 10.0. The lowest BCUT2D eigenvalue weighted by molar-refractivity contribution is -0.0775. The minimum atomic E-state index is -0.848. The molecule has 1 unspecified atom stereocenters. The highest BCUT2D eigenvalue weighted by atomic mass is 35.5. The summed E-state index contributed by atoms with van der Waals surface area (Å²) >= 11 is 7.22. The maximum atomic E-state index is 11.4. The fourth-order valence-corrected chi connectivity index (χ4v) is 8.02. The van der Waals surface area contributed by atoms with Crippen LogP contribution in [0.1, 0.15) is 55.6 Å². The molecule has 2 aromatic carbocycles. The van der Waals surface area contributed by atoms with Gasteiger partial charge < -0.3 is 19.8 Å². The minimum Gasteiger partial charge on any atom is -0.465 e. The Morgan fingerprint density at radius 2 is 1.93 bits per heavy atom. The molecule has 3 fully saturated rings. The SMILES string of the molecule is Cc1cc2c(cnn2C2CCCCO2)c(-c2c(-c3ccc4nn(CCO)cc4c3)nn(C3CC4(C3)CN(C(=O)O)C4)c2C)c1Cl. The maximum absolute atomic E-state index is 11.4. The number of hydrogen-bond donors (Lipinski definition) is 2. The van der Waals surface area contributed by atoms with Crippen LogP contribution in [-0.2, 0) is 11.3 Å². The van der Waals surface area contributed by atoms with Gasteiger partial charge in [0.2, 0.25) is 0 Å². The first kappa shape index (κ1) is 28.5. The van der Waals surface area contributed by atoms with Gasteiger partial charge in [-0.1, -0.05) is 17.7 Å². The molecule has 1 atom stereocenters. The molecule has 2 saturated heterocycles. The molecule has 2 aliphatic heterocycles. The van der Waals surface area contributed by atoms with E-state index in [4.69, 9.17) is 26.5 Å². The lowest BCUT2D eigenvalue weighted by Crippen LogP contribution is -2.63. The fourth-order valence-electron chi connectivity index (χ4n) is 7.77. The number of aromatic nitrogens is 6. The summed E-state index contributed by atoms with van der Waals surface area (Å²) in [5, 5.41) is 36.2. The summed E-state index contributed by atoms with van der Waals surface area (Å²) in [5.74, 6) is 0. The molecule has 11 nitrogen and oxygen atoms in total. The molecule has 5 heterocycles. The third kappa shape index (κ3) is 4.54. The molecule has 0 bridgehead atoms. The van der Waals surface area contributed by atoms with Crippen LogP contribution in [-0.4, -0.2) is 76.9 Å². The Bertz CT molecular complexity index is 1960. The van der Waals surface area contributed by atoms with Gasteiger partial charge >= 0.3 is 6.09 Å². The van der Waals surface area contributed by atoms with Crippen LogP contribution in [0, 0.1) is 19.3 Å². The van der Waals surface area contributed by atoms with E-state index < -0.39 is 6.09 Å². The molecule has 234 valence electrons. The van der Waals surface area contributed by atoms with Crippen LogP contribution < -0.4 is 0 Å². The smallest absolute Gasteiger partial charge is 0.407 e. The van der Waals surface area contributed by atoms with Gasteiger partial charge in [0.25, 0.3) is 0 Å². The number of carbonyl (C=O) groups is 1. The second-order valence-electron chi connectivity index (χ2n) is 13.1. The van der Waals surface area contributed by atoms with E-state index in [-0.39, 0.29) is 24.3 Å². The van der Waals surface area contributed by atoms with Crippen LogP contribution in [0.4, 0.5) is 4.79 Å². The van der Waals surface area contributed by atoms with Crippen LogP contribution in [0.15, 0.2) is 36.7 Å². The van der Waals surface area contributed by atoms with Crippen molar-refractivity contribution < 1.29 is 19.7 Å². The molecule has 1 aliphatic carbocycles. The monoisotopic (exact) mass is 629 g/mol. The molecule has 45 heavy (non-hydrogen) atoms. The van der Waals surface area contributed by atoms with Crippen LogP contribution in [0.25, 0.3) is 44.2 Å². The summed E-state index contributed by atoms with van der Waals surface area (Å²) in [6.07, 6.45) is 7.76. The zero-order valence-corrected chi connectivity index (χ0v) is 26.2. The summed E-state index contributed by atoms with van der Waals surface area (Å²) in [5.41, 5.74) is 7.53. The Morgan fingerprint density at radius 3 is 2.67 bits per heavy atom. The van der Waals surface area contributed by atoms with E-state index in [1.165, 1.54) is 4.90 Å². The van der Waals surface area contributed by atoms with E-state index in [9.17, 15) is 15.0 Å². The highest BCUT2D eigenvalue weighted by Gasteiger charge is 2.55. The second-order valence-corrected chi connectivity index (χ2v) is 13.4. The number of benzene rings is 2. The molecule has 3 aliphatic rings. The molecule has 0 radical (unpaired) electrons. The predicted molar refractivity (Wildman–Crippen MR) is 170 cm³/mol. The average Bonchev–Trinajstić information content (AvgIpc) is 3.68. The topological polar surface area (TPSA) is 123 Å². The van der Waals surface area contributed by atoms with Gasteiger partial charge in [-0.05, 0) is 69.7 Å². The second kappa shape index (κ2) is 10.6. The maximum Gasteiger partial charge on any atom is 0.407 e. The highest BCUT2D eigenvalue weighted by Crippen LogP contribution is 2.55. The van der Waals surface area contributed by atoms with Gasteiger partial charge in [-0.2, -0.15) is 15.3 Å². The van der Waals surface area contributed by atoms with Gasteiger partial charge in [0.05, 0.1) is 41.4 Å². The zero-order valence-electron chi connectivity index (χ0n) is 25.4. The first-order valence-corrected chi connectivity index (χ1v) is 16.1. The van der Waals surface area contributed by atoms with Crippen molar-refractivity contribution in [1.82, 2.24) is 34.2 Å². The number of fused-ring (bicyclic) bond motifs is 2. The zero-order chi connectivity index (χ0) is 31.0. The van der Waals surface area contributed by atoms with Crippen molar-refractivity contribution in [1.29, 1.82) is 0 Å². The van der Waals surface area contributed by atoms with Gasteiger partial charge in [0.1, 0.15) is 5.69 Å². The lowest BCUT2D eigenvalue weighted by Gasteiger charge is -2.58. The molecular weight excluding hydrogens is 594 g/mol. The number of aryl methyl sites for hydroxylation is 1. The van der Waals surface area contributed by atoms with E-state index in [0.717, 1.165) is 94.2 Å². The average molecular weight is 630 g/mol. The van der Waals surface area contributed by atoms with Gasteiger partial charge in [-0.25, -0.2) is 9.48 Å². The van der Waals surface area contributed by atoms with Crippen molar-refractivity contribution in [3.8, 4) is 22.4 Å². The number of carboxylic acid groups (broad SMARTS) is 1. The Balaban J connectivity index is 1.27. The molecule has 5 aromatic rings. The van der Waals surface area contributed by atoms with Crippen LogP contribution >= 0.6 is 11.6 Å². The predicted octanol–water partition coefficient (Wildman–Crippen LogP) is 6.19. The van der Waals surface area contributed by atoms with Gasteiger partial charge in [-0.15, -0.1) is 0 Å². The standard InChI is InChI=1S/C33H36ClN7O4/c1-19-11-26-24(15-35-41(26)27-5-3-4-10-45-27)29(30(19)34)28-20(2)40(23-13-33(14-23)17-38(18-33)32(43)44)37-31(28)21-6-7-25-22(12-21)16-39(36-25)8-9-42/h6-7,11-12,15-16,23,27,42H,3-5,8-10,13-14,17-18H2,1-2H3,(H,43,44). The fraction of sp³-hybridized carbons (Fsp3) is 0.455. The number of nitrogens with zero attached hydrogens (tertiary/aromatic N) is 7. The van der Waals surface area contributed by atoms with Crippen molar-refractivity contribution in [3.05, 3.63) is 52.9 Å². The lowest BCUT2D eigenvalue weighted by atomic mass is 9.61. The molecule has 2 N–H and O–H groups in total. The molecule has 12 heteroatoms. The molecule has 1 amide bonds. The van der Waals surface area contributed by atoms with E-state index in [2.05, 4.69) is 28.8 Å². The first-order chi connectivity index (χ1) is 21.7. The van der Waals surface area contributed by atoms with E-state index >= 15 is 0 Å². The van der Waals surface area contributed by atoms with Crippen LogP contribution in [0.2, 0.25) is 5.02 Å². The Labute approximate surface area is 264 Å². The van der Waals surface area contributed by atoms with Crippen LogP contribution in [0.5, 0.6) is 0 Å². The quantitative estimate of drug-likeness (QED) is 0.229. The number of likely N-dealkylation sites (tertiary alicyclic amines) is 1. The first-order valence-electron chi connectivity index (χ1n) is 15.7. The normalized spacial score (nSPS) is 19.8. The van der Waals surface area contributed by atoms with Gasteiger partial charge in [-0.3, -0.25) is 9.36 Å². The molecule has 1 saturated carbocycles. The number of aliphatic hydroxyl groups excluding tert-OH is 1. The molecule has 3 aromatic heterocycles. The number of rotatable bonds is 6. The van der Waals surface area contributed by atoms with Crippen molar-refractivity contribution >= 4 is 39.5 Å². The number of hydrogen-bond acceptors (Lipinski definition) is 6. The number of halogens is 1. The Hall–Kier alpha value is -3.93. The molecule has 1 spiro atoms. The Morgan fingerprint density at radius 1 is 1.11 bits per heavy atom. The van der Waals surface area contributed by atoms with E-state index in [0.29, 0.717) is 24.7 Å². The summed E-state index contributed by atoms with van der Waals surface area (Å²) in [6, 6.07) is 8.42. The summed E-state index contributed by atoms with van der Waals surface area (Å²) in [4.78, 5) is 12.9. The van der Waals surface area contributed by atoms with Crippen molar-refractivity contribution in [2.24, 2.45) is 5.41 Å². The third-order valence-corrected chi connectivity index (χ3v) is 10.5. The van der Waals surface area contributed by atoms with Crippen LogP contribution in [0.3, 0.4) is 0 Å². The summed E-state index contributed by atoms with van der Waals surface area (Å²) in [7, 11) is 0. The van der Waals surface area contributed by atoms with Gasteiger partial charge in [0, 0.05) is 64.5 Å². The summed E-state index contributed by atoms with van der Waals surface area (Å²) < 4.78 is 12.0. The Kier molecular flexibility index (Phi) is 6.70. The van der Waals surface area contributed by atoms with Crippen molar-refractivity contribution in [3.63, 3.8) is 0 Å². The molecule has 8 rings (SSSR count). The van der Waals surface area contributed by atoms with Crippen molar-refractivity contribution in [2.75, 3.05) is 26.3 Å². The summed E-state index contributed by atoms with van der Waals surface area (Å²) in [6.45, 7) is 6.48.